The SMILES string of the molecule is CCOC(=O)[C@H]1C(=O)N[C@H](C(=O)OCC)[C@@H]1c1ccc(C#N)cc1. The zero-order chi connectivity index (χ0) is 17.7. The van der Waals surface area contributed by atoms with Crippen molar-refractivity contribution in [3.8, 4) is 6.07 Å². The summed E-state index contributed by atoms with van der Waals surface area (Å²) in [5.41, 5.74) is 1.03. The number of nitrogens with one attached hydrogen (secondary N) is 1. The van der Waals surface area contributed by atoms with E-state index in [9.17, 15) is 14.4 Å². The summed E-state index contributed by atoms with van der Waals surface area (Å²) in [4.78, 5) is 36.6. The summed E-state index contributed by atoms with van der Waals surface area (Å²) < 4.78 is 9.98. The maximum atomic E-state index is 12.2. The number of hydrogen-bond donors (Lipinski definition) is 1. The van der Waals surface area contributed by atoms with E-state index in [1.807, 2.05) is 6.07 Å². The van der Waals surface area contributed by atoms with Crippen molar-refractivity contribution in [1.82, 2.24) is 5.32 Å². The number of nitriles is 1. The topological polar surface area (TPSA) is 105 Å². The van der Waals surface area contributed by atoms with Gasteiger partial charge in [-0.05, 0) is 31.5 Å². The molecule has 2 rings (SSSR count). The summed E-state index contributed by atoms with van der Waals surface area (Å²) in [5.74, 6) is -3.74. The first-order chi connectivity index (χ1) is 11.5. The van der Waals surface area contributed by atoms with Crippen molar-refractivity contribution in [3.63, 3.8) is 0 Å². The highest BCUT2D eigenvalue weighted by Crippen LogP contribution is 2.35. The van der Waals surface area contributed by atoms with Gasteiger partial charge in [-0.15, -0.1) is 0 Å². The van der Waals surface area contributed by atoms with E-state index in [1.54, 1.807) is 38.1 Å². The molecule has 1 heterocycles. The summed E-state index contributed by atoms with van der Waals surface area (Å²) in [5, 5.41) is 11.4. The lowest BCUT2D eigenvalue weighted by Crippen LogP contribution is -2.37. The van der Waals surface area contributed by atoms with Crippen molar-refractivity contribution in [1.29, 1.82) is 5.26 Å². The van der Waals surface area contributed by atoms with Gasteiger partial charge in [0.1, 0.15) is 12.0 Å². The summed E-state index contributed by atoms with van der Waals surface area (Å²) in [6.07, 6.45) is 0. The van der Waals surface area contributed by atoms with Gasteiger partial charge in [-0.2, -0.15) is 5.26 Å². The molecule has 0 spiro atoms. The van der Waals surface area contributed by atoms with Gasteiger partial charge in [-0.25, -0.2) is 4.79 Å². The Kier molecular flexibility index (Phi) is 5.53. The van der Waals surface area contributed by atoms with Gasteiger partial charge in [0.15, 0.2) is 0 Å². The highest BCUT2D eigenvalue weighted by atomic mass is 16.5. The number of hydrogen-bond acceptors (Lipinski definition) is 6. The van der Waals surface area contributed by atoms with E-state index in [1.165, 1.54) is 0 Å². The Labute approximate surface area is 139 Å². The average Bonchev–Trinajstić information content (AvgIpc) is 2.93. The van der Waals surface area contributed by atoms with Crippen molar-refractivity contribution >= 4 is 17.8 Å². The van der Waals surface area contributed by atoms with Gasteiger partial charge in [-0.1, -0.05) is 12.1 Å². The van der Waals surface area contributed by atoms with E-state index in [0.29, 0.717) is 11.1 Å². The van der Waals surface area contributed by atoms with Gasteiger partial charge in [0, 0.05) is 5.92 Å². The van der Waals surface area contributed by atoms with E-state index in [4.69, 9.17) is 14.7 Å². The summed E-state index contributed by atoms with van der Waals surface area (Å²) in [6, 6.07) is 7.42. The molecule has 0 saturated carbocycles. The van der Waals surface area contributed by atoms with Crippen LogP contribution < -0.4 is 5.32 Å². The molecule has 0 unspecified atom stereocenters. The third-order valence-electron chi connectivity index (χ3n) is 3.80. The van der Waals surface area contributed by atoms with E-state index in [-0.39, 0.29) is 13.2 Å². The second-order valence-corrected chi connectivity index (χ2v) is 5.23. The normalized spacial score (nSPS) is 22.4. The number of carbonyl (C=O) groups excluding carboxylic acids is 3. The first-order valence-electron chi connectivity index (χ1n) is 7.67. The molecule has 1 aliphatic heterocycles. The third kappa shape index (κ3) is 3.38. The minimum Gasteiger partial charge on any atom is -0.465 e. The number of nitrogens with zero attached hydrogens (tertiary/aromatic N) is 1. The quantitative estimate of drug-likeness (QED) is 0.635. The van der Waals surface area contributed by atoms with Crippen molar-refractivity contribution in [3.05, 3.63) is 35.4 Å². The van der Waals surface area contributed by atoms with Gasteiger partial charge in [0.2, 0.25) is 5.91 Å². The van der Waals surface area contributed by atoms with Crippen LogP contribution in [0, 0.1) is 17.2 Å². The van der Waals surface area contributed by atoms with Crippen LogP contribution >= 0.6 is 0 Å². The zero-order valence-corrected chi connectivity index (χ0v) is 13.4. The number of esters is 2. The van der Waals surface area contributed by atoms with Crippen LogP contribution in [-0.2, 0) is 23.9 Å². The lowest BCUT2D eigenvalue weighted by atomic mass is 9.83. The molecule has 1 aromatic carbocycles. The Morgan fingerprint density at radius 2 is 1.71 bits per heavy atom. The van der Waals surface area contributed by atoms with Crippen molar-refractivity contribution < 1.29 is 23.9 Å². The number of rotatable bonds is 5. The van der Waals surface area contributed by atoms with Crippen LogP contribution in [0.2, 0.25) is 0 Å². The number of amides is 1. The molecule has 1 amide bonds. The summed E-state index contributed by atoms with van der Waals surface area (Å²) in [6.45, 7) is 3.60. The Morgan fingerprint density at radius 1 is 1.12 bits per heavy atom. The van der Waals surface area contributed by atoms with E-state index in [0.717, 1.165) is 0 Å². The minimum absolute atomic E-state index is 0.132. The molecule has 0 aromatic heterocycles. The van der Waals surface area contributed by atoms with Crippen LogP contribution in [0.4, 0.5) is 0 Å². The Bertz CT molecular complexity index is 677. The molecular formula is C17H18N2O5. The third-order valence-corrected chi connectivity index (χ3v) is 3.80. The fourth-order valence-corrected chi connectivity index (χ4v) is 2.78. The second kappa shape index (κ2) is 7.59. The Hall–Kier alpha value is -2.88. The molecule has 0 radical (unpaired) electrons. The highest BCUT2D eigenvalue weighted by molar-refractivity contribution is 6.04. The minimum atomic E-state index is -1.13. The summed E-state index contributed by atoms with van der Waals surface area (Å²) in [7, 11) is 0. The molecule has 1 aromatic rings. The van der Waals surface area contributed by atoms with Crippen molar-refractivity contribution in [2.75, 3.05) is 13.2 Å². The molecule has 3 atom stereocenters. The van der Waals surface area contributed by atoms with Crippen molar-refractivity contribution in [2.24, 2.45) is 5.92 Å². The van der Waals surface area contributed by atoms with E-state index >= 15 is 0 Å². The van der Waals surface area contributed by atoms with Crippen LogP contribution in [0.5, 0.6) is 0 Å². The smallest absolute Gasteiger partial charge is 0.329 e. The zero-order valence-electron chi connectivity index (χ0n) is 13.4. The molecule has 7 heteroatoms. The number of benzene rings is 1. The number of carbonyl (C=O) groups is 3. The molecule has 1 saturated heterocycles. The van der Waals surface area contributed by atoms with Crippen LogP contribution in [-0.4, -0.2) is 37.1 Å². The van der Waals surface area contributed by atoms with Crippen molar-refractivity contribution in [2.45, 2.75) is 25.8 Å². The van der Waals surface area contributed by atoms with Crippen LogP contribution in [0.25, 0.3) is 0 Å². The molecule has 0 bridgehead atoms. The first-order valence-corrected chi connectivity index (χ1v) is 7.67. The molecule has 1 N–H and O–H groups in total. The molecule has 24 heavy (non-hydrogen) atoms. The average molecular weight is 330 g/mol. The van der Waals surface area contributed by atoms with E-state index in [2.05, 4.69) is 5.32 Å². The van der Waals surface area contributed by atoms with Gasteiger partial charge in [0.25, 0.3) is 0 Å². The maximum absolute atomic E-state index is 12.2. The predicted molar refractivity (Wildman–Crippen MR) is 82.6 cm³/mol. The molecule has 0 aliphatic carbocycles. The standard InChI is InChI=1S/C17H18N2O5/c1-3-23-16(21)13-12(11-7-5-10(9-18)6-8-11)14(19-15(13)20)17(22)24-4-2/h5-8,12-14H,3-4H2,1-2H3,(H,19,20)/t12-,13-,14+/m1/s1. The fourth-order valence-electron chi connectivity index (χ4n) is 2.78. The molecular weight excluding hydrogens is 312 g/mol. The molecule has 1 aliphatic rings. The monoisotopic (exact) mass is 330 g/mol. The van der Waals surface area contributed by atoms with Gasteiger partial charge < -0.3 is 14.8 Å². The van der Waals surface area contributed by atoms with Crippen LogP contribution in [0.15, 0.2) is 24.3 Å². The Balaban J connectivity index is 2.42. The maximum Gasteiger partial charge on any atom is 0.329 e. The second-order valence-electron chi connectivity index (χ2n) is 5.23. The largest absolute Gasteiger partial charge is 0.465 e. The number of ether oxygens (including phenoxy) is 2. The van der Waals surface area contributed by atoms with Gasteiger partial charge in [-0.3, -0.25) is 9.59 Å². The Morgan fingerprint density at radius 3 is 2.25 bits per heavy atom. The van der Waals surface area contributed by atoms with Gasteiger partial charge >= 0.3 is 11.9 Å². The first kappa shape index (κ1) is 17.5. The van der Waals surface area contributed by atoms with E-state index < -0.39 is 35.7 Å². The van der Waals surface area contributed by atoms with Gasteiger partial charge in [0.05, 0.1) is 24.8 Å². The van der Waals surface area contributed by atoms with Crippen LogP contribution in [0.1, 0.15) is 30.9 Å². The predicted octanol–water partition coefficient (Wildman–Crippen LogP) is 0.883. The lowest BCUT2D eigenvalue weighted by Gasteiger charge is -2.21. The molecule has 126 valence electrons. The highest BCUT2D eigenvalue weighted by Gasteiger charge is 2.51. The lowest BCUT2D eigenvalue weighted by molar-refractivity contribution is -0.151. The summed E-state index contributed by atoms with van der Waals surface area (Å²) >= 11 is 0. The fraction of sp³-hybridized carbons (Fsp3) is 0.412. The molecule has 1 fully saturated rings. The van der Waals surface area contributed by atoms with Crippen LogP contribution in [0.3, 0.4) is 0 Å². The molecule has 7 nitrogen and oxygen atoms in total.